The number of benzene rings is 1. The largest absolute Gasteiger partial charge is 0.399 e. The molecular weight excluding hydrogens is 253 g/mol. The Bertz CT molecular complexity index is 460. The van der Waals surface area contributed by atoms with Crippen molar-refractivity contribution in [3.05, 3.63) is 23.3 Å². The molecule has 0 spiro atoms. The van der Waals surface area contributed by atoms with Gasteiger partial charge in [0, 0.05) is 24.5 Å². The van der Waals surface area contributed by atoms with E-state index in [0.717, 1.165) is 22.5 Å². The van der Waals surface area contributed by atoms with Crippen LogP contribution in [0.15, 0.2) is 12.1 Å². The highest BCUT2D eigenvalue weighted by Crippen LogP contribution is 2.36. The lowest BCUT2D eigenvalue weighted by molar-refractivity contribution is -0.179. The average molecular weight is 272 g/mol. The smallest absolute Gasteiger partial charge is 0.391 e. The summed E-state index contributed by atoms with van der Waals surface area (Å²) in [6.07, 6.45) is -3.71. The summed E-state index contributed by atoms with van der Waals surface area (Å²) in [5.74, 6) is -1.15. The van der Waals surface area contributed by atoms with E-state index in [1.807, 2.05) is 30.9 Å². The maximum absolute atomic E-state index is 12.6. The van der Waals surface area contributed by atoms with Gasteiger partial charge in [0.15, 0.2) is 0 Å². The Morgan fingerprint density at radius 2 is 1.68 bits per heavy atom. The molecule has 1 aromatic carbocycles. The van der Waals surface area contributed by atoms with Crippen LogP contribution < -0.4 is 10.6 Å². The minimum absolute atomic E-state index is 0.173. The third-order valence-corrected chi connectivity index (χ3v) is 4.10. The van der Waals surface area contributed by atoms with E-state index in [2.05, 4.69) is 0 Å². The standard InChI is InChI=1S/C14H19F3N2/c1-9-10(2)13(4-3-12(9)18)19-7-5-11(6-8-19)14(15,16)17/h3-4,11H,5-8,18H2,1-2H3. The summed E-state index contributed by atoms with van der Waals surface area (Å²) >= 11 is 0. The topological polar surface area (TPSA) is 29.3 Å². The summed E-state index contributed by atoms with van der Waals surface area (Å²) < 4.78 is 37.9. The van der Waals surface area contributed by atoms with Crippen LogP contribution in [0.3, 0.4) is 0 Å². The second-order valence-corrected chi connectivity index (χ2v) is 5.23. The predicted octanol–water partition coefficient (Wildman–Crippen LogP) is 3.66. The van der Waals surface area contributed by atoms with Crippen LogP contribution in [-0.4, -0.2) is 19.3 Å². The van der Waals surface area contributed by atoms with E-state index >= 15 is 0 Å². The van der Waals surface area contributed by atoms with Gasteiger partial charge >= 0.3 is 6.18 Å². The van der Waals surface area contributed by atoms with Crippen molar-refractivity contribution in [3.8, 4) is 0 Å². The van der Waals surface area contributed by atoms with Gasteiger partial charge in [0.05, 0.1) is 5.92 Å². The lowest BCUT2D eigenvalue weighted by Gasteiger charge is -2.35. The molecule has 0 unspecified atom stereocenters. The second-order valence-electron chi connectivity index (χ2n) is 5.23. The first-order valence-electron chi connectivity index (χ1n) is 6.48. The predicted molar refractivity (Wildman–Crippen MR) is 71.3 cm³/mol. The molecule has 0 amide bonds. The zero-order valence-electron chi connectivity index (χ0n) is 11.2. The Balaban J connectivity index is 2.12. The Labute approximate surface area is 111 Å². The fourth-order valence-electron chi connectivity index (χ4n) is 2.62. The van der Waals surface area contributed by atoms with Gasteiger partial charge in [-0.3, -0.25) is 0 Å². The van der Waals surface area contributed by atoms with Crippen LogP contribution in [0.25, 0.3) is 0 Å². The van der Waals surface area contributed by atoms with Crippen molar-refractivity contribution in [1.82, 2.24) is 0 Å². The van der Waals surface area contributed by atoms with Gasteiger partial charge in [0.2, 0.25) is 0 Å². The molecule has 2 N–H and O–H groups in total. The Hall–Kier alpha value is -1.39. The Morgan fingerprint density at radius 1 is 1.11 bits per heavy atom. The van der Waals surface area contributed by atoms with E-state index < -0.39 is 12.1 Å². The van der Waals surface area contributed by atoms with Crippen molar-refractivity contribution in [3.63, 3.8) is 0 Å². The van der Waals surface area contributed by atoms with Gasteiger partial charge in [0.1, 0.15) is 0 Å². The van der Waals surface area contributed by atoms with E-state index in [0.29, 0.717) is 13.1 Å². The van der Waals surface area contributed by atoms with Crippen LogP contribution >= 0.6 is 0 Å². The summed E-state index contributed by atoms with van der Waals surface area (Å²) in [7, 11) is 0. The molecular formula is C14H19F3N2. The lowest BCUT2D eigenvalue weighted by atomic mass is 9.95. The van der Waals surface area contributed by atoms with Gasteiger partial charge < -0.3 is 10.6 Å². The Kier molecular flexibility index (Phi) is 3.65. The molecule has 1 heterocycles. The quantitative estimate of drug-likeness (QED) is 0.790. The number of nitrogen functional groups attached to an aromatic ring is 1. The van der Waals surface area contributed by atoms with Gasteiger partial charge in [-0.25, -0.2) is 0 Å². The number of alkyl halides is 3. The molecule has 5 heteroatoms. The molecule has 2 rings (SSSR count). The SMILES string of the molecule is Cc1c(N)ccc(N2CCC(C(F)(F)F)CC2)c1C. The van der Waals surface area contributed by atoms with Crippen LogP contribution in [-0.2, 0) is 0 Å². The van der Waals surface area contributed by atoms with E-state index in [-0.39, 0.29) is 12.8 Å². The third-order valence-electron chi connectivity index (χ3n) is 4.10. The first kappa shape index (κ1) is 14.0. The molecule has 0 aliphatic carbocycles. The van der Waals surface area contributed by atoms with Crippen LogP contribution in [0.5, 0.6) is 0 Å². The van der Waals surface area contributed by atoms with Crippen LogP contribution in [0.4, 0.5) is 24.5 Å². The van der Waals surface area contributed by atoms with Crippen molar-refractivity contribution in [2.45, 2.75) is 32.9 Å². The first-order chi connectivity index (χ1) is 8.80. The maximum Gasteiger partial charge on any atom is 0.391 e. The molecule has 1 aliphatic rings. The van der Waals surface area contributed by atoms with Gasteiger partial charge in [-0.1, -0.05) is 0 Å². The van der Waals surface area contributed by atoms with Crippen molar-refractivity contribution < 1.29 is 13.2 Å². The highest BCUT2D eigenvalue weighted by atomic mass is 19.4. The van der Waals surface area contributed by atoms with E-state index in [4.69, 9.17) is 5.73 Å². The number of halogens is 3. The summed E-state index contributed by atoms with van der Waals surface area (Å²) in [4.78, 5) is 2.03. The molecule has 19 heavy (non-hydrogen) atoms. The normalized spacial score (nSPS) is 17.8. The first-order valence-corrected chi connectivity index (χ1v) is 6.48. The van der Waals surface area contributed by atoms with Crippen LogP contribution in [0.1, 0.15) is 24.0 Å². The van der Waals surface area contributed by atoms with Gasteiger partial charge in [-0.2, -0.15) is 13.2 Å². The highest BCUT2D eigenvalue weighted by molar-refractivity contribution is 5.64. The summed E-state index contributed by atoms with van der Waals surface area (Å²) in [6.45, 7) is 4.82. The van der Waals surface area contributed by atoms with Crippen molar-refractivity contribution in [1.29, 1.82) is 0 Å². The molecule has 0 atom stereocenters. The number of rotatable bonds is 1. The number of anilines is 2. The average Bonchev–Trinajstić information content (AvgIpc) is 2.35. The number of nitrogens with zero attached hydrogens (tertiary/aromatic N) is 1. The molecule has 1 saturated heterocycles. The van der Waals surface area contributed by atoms with E-state index in [1.54, 1.807) is 0 Å². The number of piperidine rings is 1. The van der Waals surface area contributed by atoms with Crippen molar-refractivity contribution in [2.24, 2.45) is 5.92 Å². The Morgan fingerprint density at radius 3 is 2.21 bits per heavy atom. The fourth-order valence-corrected chi connectivity index (χ4v) is 2.62. The maximum atomic E-state index is 12.6. The molecule has 1 aliphatic heterocycles. The molecule has 1 aromatic rings. The highest BCUT2D eigenvalue weighted by Gasteiger charge is 2.41. The van der Waals surface area contributed by atoms with Crippen molar-refractivity contribution in [2.75, 3.05) is 23.7 Å². The zero-order chi connectivity index (χ0) is 14.2. The second kappa shape index (κ2) is 4.94. The van der Waals surface area contributed by atoms with Gasteiger partial charge in [-0.05, 0) is 49.9 Å². The molecule has 0 radical (unpaired) electrons. The minimum Gasteiger partial charge on any atom is -0.399 e. The van der Waals surface area contributed by atoms with Crippen LogP contribution in [0.2, 0.25) is 0 Å². The zero-order valence-corrected chi connectivity index (χ0v) is 11.2. The van der Waals surface area contributed by atoms with Gasteiger partial charge in [0.25, 0.3) is 0 Å². The molecule has 0 saturated carbocycles. The van der Waals surface area contributed by atoms with Gasteiger partial charge in [-0.15, -0.1) is 0 Å². The number of hydrogen-bond acceptors (Lipinski definition) is 2. The molecule has 1 fully saturated rings. The molecule has 2 nitrogen and oxygen atoms in total. The molecule has 0 bridgehead atoms. The summed E-state index contributed by atoms with van der Waals surface area (Å²) in [6, 6.07) is 3.74. The summed E-state index contributed by atoms with van der Waals surface area (Å²) in [5.41, 5.74) is 9.64. The summed E-state index contributed by atoms with van der Waals surface area (Å²) in [5, 5.41) is 0. The number of hydrogen-bond donors (Lipinski definition) is 1. The monoisotopic (exact) mass is 272 g/mol. The molecule has 106 valence electrons. The third kappa shape index (κ3) is 2.80. The van der Waals surface area contributed by atoms with Crippen molar-refractivity contribution >= 4 is 11.4 Å². The van der Waals surface area contributed by atoms with Crippen LogP contribution in [0, 0.1) is 19.8 Å². The minimum atomic E-state index is -4.06. The molecule has 0 aromatic heterocycles. The fraction of sp³-hybridized carbons (Fsp3) is 0.571. The lowest BCUT2D eigenvalue weighted by Crippen LogP contribution is -2.39. The number of nitrogens with two attached hydrogens (primary N) is 1. The van der Waals surface area contributed by atoms with E-state index in [9.17, 15) is 13.2 Å². The van der Waals surface area contributed by atoms with E-state index in [1.165, 1.54) is 0 Å².